The van der Waals surface area contributed by atoms with Gasteiger partial charge in [-0.3, -0.25) is 4.90 Å². The highest BCUT2D eigenvalue weighted by Crippen LogP contribution is 2.38. The van der Waals surface area contributed by atoms with Gasteiger partial charge < -0.3 is 8.82 Å². The van der Waals surface area contributed by atoms with Crippen LogP contribution in [0.4, 0.5) is 0 Å². The second-order valence-corrected chi connectivity index (χ2v) is 7.27. The van der Waals surface area contributed by atoms with E-state index in [9.17, 15) is 0 Å². The average Bonchev–Trinajstić information content (AvgIpc) is 3.22. The number of likely N-dealkylation sites (tertiary alicyclic amines) is 1. The van der Waals surface area contributed by atoms with Gasteiger partial charge in [-0.25, -0.2) is 4.98 Å². The van der Waals surface area contributed by atoms with E-state index in [1.165, 1.54) is 37.8 Å². The Kier molecular flexibility index (Phi) is 3.77. The lowest BCUT2D eigenvalue weighted by atomic mass is 9.85. The Morgan fingerprint density at radius 1 is 1.04 bits per heavy atom. The molecule has 1 aliphatic heterocycles. The van der Waals surface area contributed by atoms with Crippen molar-refractivity contribution in [3.05, 3.63) is 48.1 Å². The highest BCUT2D eigenvalue weighted by molar-refractivity contribution is 5.39. The summed E-state index contributed by atoms with van der Waals surface area (Å²) in [6, 6.07) is 6.34. The molecule has 0 radical (unpaired) electrons. The first-order valence-electron chi connectivity index (χ1n) is 9.37. The van der Waals surface area contributed by atoms with Crippen molar-refractivity contribution in [3.63, 3.8) is 0 Å². The Balaban J connectivity index is 1.39. The molecule has 1 atom stereocenters. The first kappa shape index (κ1) is 15.1. The van der Waals surface area contributed by atoms with Crippen LogP contribution in [0.3, 0.4) is 0 Å². The molecule has 3 aromatic rings. The van der Waals surface area contributed by atoms with Gasteiger partial charge >= 0.3 is 0 Å². The van der Waals surface area contributed by atoms with Crippen molar-refractivity contribution in [1.29, 1.82) is 0 Å². The number of rotatable bonds is 4. The van der Waals surface area contributed by atoms with E-state index in [1.54, 1.807) is 0 Å². The van der Waals surface area contributed by atoms with Gasteiger partial charge in [0.25, 0.3) is 0 Å². The third-order valence-corrected chi connectivity index (χ3v) is 5.67. The molecule has 6 heteroatoms. The second kappa shape index (κ2) is 6.26. The number of piperidine rings is 1. The van der Waals surface area contributed by atoms with Crippen LogP contribution in [0, 0.1) is 0 Å². The van der Waals surface area contributed by atoms with Crippen molar-refractivity contribution in [2.75, 3.05) is 6.54 Å². The van der Waals surface area contributed by atoms with Gasteiger partial charge in [0.15, 0.2) is 0 Å². The number of pyridine rings is 1. The molecule has 0 amide bonds. The lowest BCUT2D eigenvalue weighted by Gasteiger charge is -2.33. The summed E-state index contributed by atoms with van der Waals surface area (Å²) in [5.74, 6) is 2.15. The predicted molar refractivity (Wildman–Crippen MR) is 93.1 cm³/mol. The zero-order valence-electron chi connectivity index (χ0n) is 14.3. The minimum Gasteiger partial charge on any atom is -0.423 e. The molecule has 0 spiro atoms. The van der Waals surface area contributed by atoms with Crippen LogP contribution in [0.1, 0.15) is 68.0 Å². The number of nitrogens with zero attached hydrogens (tertiary/aromatic N) is 5. The van der Waals surface area contributed by atoms with Crippen molar-refractivity contribution in [2.24, 2.45) is 0 Å². The lowest BCUT2D eigenvalue weighted by Crippen LogP contribution is -2.33. The zero-order valence-corrected chi connectivity index (χ0v) is 14.3. The molecule has 3 aromatic heterocycles. The maximum Gasteiger partial charge on any atom is 0.233 e. The van der Waals surface area contributed by atoms with Crippen molar-refractivity contribution in [1.82, 2.24) is 24.5 Å². The summed E-state index contributed by atoms with van der Waals surface area (Å²) in [6.45, 7) is 1.92. The van der Waals surface area contributed by atoms with Crippen LogP contribution < -0.4 is 0 Å². The van der Waals surface area contributed by atoms with Gasteiger partial charge in [-0.05, 0) is 44.4 Å². The molecule has 0 aromatic carbocycles. The molecule has 1 saturated carbocycles. The third-order valence-electron chi connectivity index (χ3n) is 5.67. The molecule has 2 aliphatic rings. The molecule has 25 heavy (non-hydrogen) atoms. The van der Waals surface area contributed by atoms with Crippen LogP contribution in [-0.2, 0) is 6.54 Å². The van der Waals surface area contributed by atoms with Crippen molar-refractivity contribution >= 4 is 5.65 Å². The summed E-state index contributed by atoms with van der Waals surface area (Å²) in [6.07, 6.45) is 11.3. The fourth-order valence-electron chi connectivity index (χ4n) is 3.97. The van der Waals surface area contributed by atoms with Crippen LogP contribution in [0.25, 0.3) is 5.65 Å². The molecule has 5 rings (SSSR count). The summed E-state index contributed by atoms with van der Waals surface area (Å²) in [5.41, 5.74) is 2.21. The second-order valence-electron chi connectivity index (χ2n) is 7.27. The maximum atomic E-state index is 6.08. The van der Waals surface area contributed by atoms with Crippen LogP contribution in [0.15, 0.2) is 35.0 Å². The van der Waals surface area contributed by atoms with Gasteiger partial charge in [-0.2, -0.15) is 0 Å². The van der Waals surface area contributed by atoms with E-state index >= 15 is 0 Å². The van der Waals surface area contributed by atoms with Crippen LogP contribution in [-0.4, -0.2) is 31.0 Å². The molecule has 6 nitrogen and oxygen atoms in total. The standard InChI is InChI=1S/C19H23N5O/c1-3-10-23(13-15-12-20-17-9-2-4-11-24(15)17)16(8-1)19-22-21-18(25-19)14-6-5-7-14/h2,4,9,11-12,14,16H,1,3,5-8,10,13H2. The highest BCUT2D eigenvalue weighted by atomic mass is 16.4. The van der Waals surface area contributed by atoms with Crippen molar-refractivity contribution in [3.8, 4) is 0 Å². The fraction of sp³-hybridized carbons (Fsp3) is 0.526. The summed E-state index contributed by atoms with van der Waals surface area (Å²) in [4.78, 5) is 6.98. The molecule has 1 aliphatic carbocycles. The Morgan fingerprint density at radius 2 is 1.96 bits per heavy atom. The van der Waals surface area contributed by atoms with E-state index in [0.717, 1.165) is 36.9 Å². The molecule has 1 unspecified atom stereocenters. The van der Waals surface area contributed by atoms with Crippen LogP contribution in [0.2, 0.25) is 0 Å². The molecule has 4 heterocycles. The smallest absolute Gasteiger partial charge is 0.233 e. The monoisotopic (exact) mass is 337 g/mol. The molecule has 0 bridgehead atoms. The van der Waals surface area contributed by atoms with Crippen molar-refractivity contribution in [2.45, 2.75) is 57.0 Å². The summed E-state index contributed by atoms with van der Waals surface area (Å²) in [5, 5.41) is 8.74. The SMILES string of the molecule is c1ccn2c(CN3CCCCC3c3nnc(C4CCC4)o3)cnc2c1. The highest BCUT2D eigenvalue weighted by Gasteiger charge is 2.31. The van der Waals surface area contributed by atoms with Crippen LogP contribution in [0.5, 0.6) is 0 Å². The van der Waals surface area contributed by atoms with Gasteiger partial charge in [-0.15, -0.1) is 10.2 Å². The Bertz CT molecular complexity index is 865. The summed E-state index contributed by atoms with van der Waals surface area (Å²) in [7, 11) is 0. The quantitative estimate of drug-likeness (QED) is 0.726. The number of hydrogen-bond acceptors (Lipinski definition) is 5. The maximum absolute atomic E-state index is 6.08. The molecule has 2 fully saturated rings. The molecule has 130 valence electrons. The number of hydrogen-bond donors (Lipinski definition) is 0. The van der Waals surface area contributed by atoms with Gasteiger partial charge in [0.1, 0.15) is 5.65 Å². The lowest BCUT2D eigenvalue weighted by molar-refractivity contribution is 0.113. The Morgan fingerprint density at radius 3 is 2.84 bits per heavy atom. The van der Waals surface area contributed by atoms with Gasteiger partial charge in [0.05, 0.1) is 17.9 Å². The van der Waals surface area contributed by atoms with E-state index in [-0.39, 0.29) is 6.04 Å². The van der Waals surface area contributed by atoms with Crippen molar-refractivity contribution < 1.29 is 4.42 Å². The van der Waals surface area contributed by atoms with E-state index in [1.807, 2.05) is 18.3 Å². The van der Waals surface area contributed by atoms with Crippen LogP contribution >= 0.6 is 0 Å². The average molecular weight is 337 g/mol. The first-order valence-corrected chi connectivity index (χ1v) is 9.37. The summed E-state index contributed by atoms with van der Waals surface area (Å²) >= 11 is 0. The molecule has 1 saturated heterocycles. The molecular weight excluding hydrogens is 314 g/mol. The zero-order chi connectivity index (χ0) is 16.6. The number of fused-ring (bicyclic) bond motifs is 1. The van der Waals surface area contributed by atoms with E-state index in [2.05, 4.69) is 36.7 Å². The fourth-order valence-corrected chi connectivity index (χ4v) is 3.97. The normalized spacial score (nSPS) is 22.3. The summed E-state index contributed by atoms with van der Waals surface area (Å²) < 4.78 is 8.24. The largest absolute Gasteiger partial charge is 0.423 e. The Labute approximate surface area is 146 Å². The topological polar surface area (TPSA) is 59.5 Å². The minimum atomic E-state index is 0.226. The minimum absolute atomic E-state index is 0.226. The van der Waals surface area contributed by atoms with Gasteiger partial charge in [0.2, 0.25) is 11.8 Å². The van der Waals surface area contributed by atoms with E-state index < -0.39 is 0 Å². The number of imidazole rings is 1. The predicted octanol–water partition coefficient (Wildman–Crippen LogP) is 3.71. The van der Waals surface area contributed by atoms with E-state index in [0.29, 0.717) is 5.92 Å². The van der Waals surface area contributed by atoms with Gasteiger partial charge in [0, 0.05) is 18.7 Å². The molecular formula is C19H23N5O. The Hall–Kier alpha value is -2.21. The van der Waals surface area contributed by atoms with Gasteiger partial charge in [-0.1, -0.05) is 18.9 Å². The first-order chi connectivity index (χ1) is 12.4. The third kappa shape index (κ3) is 2.74. The molecule has 0 N–H and O–H groups in total. The van der Waals surface area contributed by atoms with E-state index in [4.69, 9.17) is 4.42 Å². The number of aromatic nitrogens is 4.